The molecule has 1 saturated heterocycles. The fourth-order valence-electron chi connectivity index (χ4n) is 1.10. The summed E-state index contributed by atoms with van der Waals surface area (Å²) in [5, 5.41) is 8.53. The minimum atomic E-state index is 0.124. The van der Waals surface area contributed by atoms with E-state index in [1.165, 1.54) is 0 Å². The van der Waals surface area contributed by atoms with Gasteiger partial charge in [-0.15, -0.1) is 0 Å². The van der Waals surface area contributed by atoms with E-state index in [1.54, 1.807) is 0 Å². The number of epoxide rings is 1. The molecule has 62 valence electrons. The van der Waals surface area contributed by atoms with Crippen LogP contribution < -0.4 is 0 Å². The number of ether oxygens (including phenoxy) is 1. The van der Waals surface area contributed by atoms with Crippen molar-refractivity contribution in [1.82, 2.24) is 4.90 Å². The summed E-state index contributed by atoms with van der Waals surface area (Å²) >= 11 is 0. The predicted molar refractivity (Wildman–Crippen MR) is 42.0 cm³/mol. The fourth-order valence-corrected chi connectivity index (χ4v) is 1.10. The molecule has 0 saturated carbocycles. The molecule has 0 aliphatic carbocycles. The molecule has 0 spiro atoms. The fraction of sp³-hybridized carbons (Fsp3) is 0.875. The van der Waals surface area contributed by atoms with Crippen molar-refractivity contribution in [2.24, 2.45) is 5.92 Å². The van der Waals surface area contributed by atoms with E-state index in [1.807, 2.05) is 14.0 Å². The van der Waals surface area contributed by atoms with Crippen LogP contribution >= 0.6 is 0 Å². The molecular formula is C8H14N2O. The molecule has 3 nitrogen and oxygen atoms in total. The van der Waals surface area contributed by atoms with Crippen LogP contribution in [-0.2, 0) is 4.74 Å². The molecule has 11 heavy (non-hydrogen) atoms. The van der Waals surface area contributed by atoms with Gasteiger partial charge in [0.25, 0.3) is 0 Å². The van der Waals surface area contributed by atoms with Crippen molar-refractivity contribution in [2.75, 3.05) is 26.7 Å². The maximum Gasteiger partial charge on any atom is 0.0936 e. The highest BCUT2D eigenvalue weighted by Gasteiger charge is 2.24. The Morgan fingerprint density at radius 3 is 2.91 bits per heavy atom. The number of likely N-dealkylation sites (N-methyl/N-ethyl adjacent to an activating group) is 1. The maximum atomic E-state index is 8.53. The second kappa shape index (κ2) is 3.70. The number of nitriles is 1. The summed E-state index contributed by atoms with van der Waals surface area (Å²) < 4.78 is 5.07. The van der Waals surface area contributed by atoms with E-state index in [-0.39, 0.29) is 5.92 Å². The lowest BCUT2D eigenvalue weighted by Crippen LogP contribution is -2.27. The van der Waals surface area contributed by atoms with Crippen LogP contribution in [0.1, 0.15) is 6.92 Å². The average Bonchev–Trinajstić information content (AvgIpc) is 2.71. The Morgan fingerprint density at radius 1 is 1.82 bits per heavy atom. The van der Waals surface area contributed by atoms with Gasteiger partial charge in [-0.1, -0.05) is 0 Å². The number of hydrogen-bond donors (Lipinski definition) is 0. The Bertz CT molecular complexity index is 160. The van der Waals surface area contributed by atoms with Gasteiger partial charge < -0.3 is 9.64 Å². The quantitative estimate of drug-likeness (QED) is 0.553. The lowest BCUT2D eigenvalue weighted by atomic mass is 10.2. The monoisotopic (exact) mass is 154 g/mol. The molecule has 1 fully saturated rings. The van der Waals surface area contributed by atoms with Gasteiger partial charge in [0, 0.05) is 13.1 Å². The molecule has 0 aromatic rings. The van der Waals surface area contributed by atoms with Crippen LogP contribution in [0.25, 0.3) is 0 Å². The van der Waals surface area contributed by atoms with Crippen LogP contribution in [0.4, 0.5) is 0 Å². The summed E-state index contributed by atoms with van der Waals surface area (Å²) in [6.07, 6.45) is 0.436. The lowest BCUT2D eigenvalue weighted by molar-refractivity contribution is 0.270. The first kappa shape index (κ1) is 8.51. The van der Waals surface area contributed by atoms with Crippen molar-refractivity contribution < 1.29 is 4.74 Å². The highest BCUT2D eigenvalue weighted by Crippen LogP contribution is 2.10. The van der Waals surface area contributed by atoms with Crippen molar-refractivity contribution in [1.29, 1.82) is 5.26 Å². The summed E-state index contributed by atoms with van der Waals surface area (Å²) in [6.45, 7) is 4.64. The van der Waals surface area contributed by atoms with E-state index in [0.717, 1.165) is 19.7 Å². The standard InChI is InChI=1S/C8H14N2O/c1-7(3-9)4-10(2)5-8-6-11-8/h7-8H,4-6H2,1-2H3. The largest absolute Gasteiger partial charge is 0.372 e. The SMILES string of the molecule is CC(C#N)CN(C)CC1CO1. The van der Waals surface area contributed by atoms with E-state index >= 15 is 0 Å². The molecule has 1 aliphatic heterocycles. The Labute approximate surface area is 67.6 Å². The van der Waals surface area contributed by atoms with Gasteiger partial charge in [-0.2, -0.15) is 5.26 Å². The topological polar surface area (TPSA) is 39.6 Å². The Kier molecular flexibility index (Phi) is 2.86. The van der Waals surface area contributed by atoms with E-state index in [9.17, 15) is 0 Å². The Morgan fingerprint density at radius 2 is 2.45 bits per heavy atom. The van der Waals surface area contributed by atoms with E-state index < -0.39 is 0 Å². The van der Waals surface area contributed by atoms with Crippen LogP contribution in [0.3, 0.4) is 0 Å². The van der Waals surface area contributed by atoms with Crippen molar-refractivity contribution in [2.45, 2.75) is 13.0 Å². The van der Waals surface area contributed by atoms with Crippen LogP contribution in [-0.4, -0.2) is 37.7 Å². The second-order valence-corrected chi connectivity index (χ2v) is 3.21. The van der Waals surface area contributed by atoms with Crippen LogP contribution in [0.5, 0.6) is 0 Å². The smallest absolute Gasteiger partial charge is 0.0936 e. The summed E-state index contributed by atoms with van der Waals surface area (Å²) in [5.74, 6) is 0.124. The molecule has 3 heteroatoms. The van der Waals surface area contributed by atoms with Gasteiger partial charge in [-0.25, -0.2) is 0 Å². The summed E-state index contributed by atoms with van der Waals surface area (Å²) in [6, 6.07) is 2.21. The maximum absolute atomic E-state index is 8.53. The van der Waals surface area contributed by atoms with Crippen LogP contribution in [0.2, 0.25) is 0 Å². The molecule has 0 aromatic carbocycles. The van der Waals surface area contributed by atoms with E-state index in [2.05, 4.69) is 11.0 Å². The molecule has 0 aromatic heterocycles. The number of hydrogen-bond acceptors (Lipinski definition) is 3. The van der Waals surface area contributed by atoms with Crippen molar-refractivity contribution in [3.63, 3.8) is 0 Å². The van der Waals surface area contributed by atoms with Crippen molar-refractivity contribution >= 4 is 0 Å². The summed E-state index contributed by atoms with van der Waals surface area (Å²) in [4.78, 5) is 2.14. The third kappa shape index (κ3) is 3.35. The third-order valence-corrected chi connectivity index (χ3v) is 1.72. The third-order valence-electron chi connectivity index (χ3n) is 1.72. The number of nitrogens with zero attached hydrogens (tertiary/aromatic N) is 2. The van der Waals surface area contributed by atoms with Crippen molar-refractivity contribution in [3.05, 3.63) is 0 Å². The summed E-state index contributed by atoms with van der Waals surface area (Å²) in [7, 11) is 2.02. The Hall–Kier alpha value is -0.590. The lowest BCUT2D eigenvalue weighted by Gasteiger charge is -2.15. The highest BCUT2D eigenvalue weighted by molar-refractivity contribution is 4.82. The van der Waals surface area contributed by atoms with Gasteiger partial charge in [0.05, 0.1) is 24.7 Å². The zero-order valence-corrected chi connectivity index (χ0v) is 7.08. The Balaban J connectivity index is 2.09. The van der Waals surface area contributed by atoms with Gasteiger partial charge in [-0.05, 0) is 14.0 Å². The zero-order valence-electron chi connectivity index (χ0n) is 7.08. The first-order valence-electron chi connectivity index (χ1n) is 3.92. The molecule has 1 aliphatic rings. The normalized spacial score (nSPS) is 24.7. The molecule has 1 heterocycles. The highest BCUT2D eigenvalue weighted by atomic mass is 16.6. The second-order valence-electron chi connectivity index (χ2n) is 3.21. The molecule has 0 amide bonds. The number of rotatable bonds is 4. The van der Waals surface area contributed by atoms with Crippen LogP contribution in [0.15, 0.2) is 0 Å². The first-order chi connectivity index (χ1) is 5.22. The molecule has 2 unspecified atom stereocenters. The molecule has 0 radical (unpaired) electrons. The van der Waals surface area contributed by atoms with Gasteiger partial charge >= 0.3 is 0 Å². The predicted octanol–water partition coefficient (Wildman–Crippen LogP) is 0.477. The minimum absolute atomic E-state index is 0.124. The van der Waals surface area contributed by atoms with E-state index in [4.69, 9.17) is 10.00 Å². The van der Waals surface area contributed by atoms with Gasteiger partial charge in [0.2, 0.25) is 0 Å². The van der Waals surface area contributed by atoms with E-state index in [0.29, 0.717) is 6.10 Å². The zero-order chi connectivity index (χ0) is 8.27. The average molecular weight is 154 g/mol. The van der Waals surface area contributed by atoms with Gasteiger partial charge in [0.15, 0.2) is 0 Å². The van der Waals surface area contributed by atoms with Gasteiger partial charge in [0.1, 0.15) is 0 Å². The van der Waals surface area contributed by atoms with Crippen LogP contribution in [0, 0.1) is 17.2 Å². The summed E-state index contributed by atoms with van der Waals surface area (Å²) in [5.41, 5.74) is 0. The molecular weight excluding hydrogens is 140 g/mol. The molecule has 2 atom stereocenters. The van der Waals surface area contributed by atoms with Crippen molar-refractivity contribution in [3.8, 4) is 6.07 Å². The molecule has 1 rings (SSSR count). The minimum Gasteiger partial charge on any atom is -0.372 e. The molecule has 0 N–H and O–H groups in total. The van der Waals surface area contributed by atoms with Gasteiger partial charge in [-0.3, -0.25) is 0 Å². The molecule has 0 bridgehead atoms. The first-order valence-corrected chi connectivity index (χ1v) is 3.92.